The highest BCUT2D eigenvalue weighted by Gasteiger charge is 2.13. The number of nitrogen functional groups attached to an aromatic ring is 1. The third-order valence-electron chi connectivity index (χ3n) is 3.72. The number of halogens is 4. The number of nitrogens with one attached hydrogen (secondary N) is 1. The minimum absolute atomic E-state index is 0.108. The first-order chi connectivity index (χ1) is 12.8. The van der Waals surface area contributed by atoms with Gasteiger partial charge in [0.15, 0.2) is 11.6 Å². The van der Waals surface area contributed by atoms with E-state index in [2.05, 4.69) is 10.3 Å². The Morgan fingerprint density at radius 3 is 2.33 bits per heavy atom. The second-order valence-corrected chi connectivity index (χ2v) is 6.65. The standard InChI is InChI=1S/C18H13F4N3OS/c19-11-2-1-9(3-12(11)20)6-16-25-15(8-27-16)18(26)24-7-10-4-13(21)17(23)14(22)5-10/h1-5,8H,6-7,23H2,(H,24,26). The minimum Gasteiger partial charge on any atom is -0.394 e. The van der Waals surface area contributed by atoms with Crippen LogP contribution in [0.25, 0.3) is 0 Å². The maximum absolute atomic E-state index is 13.4. The van der Waals surface area contributed by atoms with Gasteiger partial charge in [0, 0.05) is 18.3 Å². The predicted octanol–water partition coefficient (Wildman–Crippen LogP) is 3.80. The maximum atomic E-state index is 13.4. The van der Waals surface area contributed by atoms with Crippen LogP contribution in [0, 0.1) is 23.3 Å². The van der Waals surface area contributed by atoms with Crippen LogP contribution in [0.15, 0.2) is 35.7 Å². The molecule has 2 aromatic carbocycles. The lowest BCUT2D eigenvalue weighted by Gasteiger charge is -2.06. The van der Waals surface area contributed by atoms with Crippen LogP contribution < -0.4 is 11.1 Å². The number of carbonyl (C=O) groups excluding carboxylic acids is 1. The van der Waals surface area contributed by atoms with Gasteiger partial charge >= 0.3 is 0 Å². The molecule has 27 heavy (non-hydrogen) atoms. The van der Waals surface area contributed by atoms with Gasteiger partial charge in [-0.2, -0.15) is 0 Å². The summed E-state index contributed by atoms with van der Waals surface area (Å²) < 4.78 is 53.0. The number of hydrogen-bond donors (Lipinski definition) is 2. The average molecular weight is 395 g/mol. The van der Waals surface area contributed by atoms with E-state index in [1.54, 1.807) is 0 Å². The zero-order chi connectivity index (χ0) is 19.6. The number of rotatable bonds is 5. The average Bonchev–Trinajstić information content (AvgIpc) is 3.09. The molecule has 3 rings (SSSR count). The van der Waals surface area contributed by atoms with Crippen molar-refractivity contribution in [3.8, 4) is 0 Å². The van der Waals surface area contributed by atoms with Gasteiger partial charge in [-0.15, -0.1) is 11.3 Å². The van der Waals surface area contributed by atoms with E-state index in [1.165, 1.54) is 22.8 Å². The molecular weight excluding hydrogens is 382 g/mol. The number of nitrogens with two attached hydrogens (primary N) is 1. The van der Waals surface area contributed by atoms with Gasteiger partial charge in [-0.1, -0.05) is 6.07 Å². The fraction of sp³-hybridized carbons (Fsp3) is 0.111. The molecule has 0 atom stereocenters. The van der Waals surface area contributed by atoms with Crippen molar-refractivity contribution in [2.24, 2.45) is 0 Å². The van der Waals surface area contributed by atoms with E-state index in [-0.39, 0.29) is 24.2 Å². The van der Waals surface area contributed by atoms with Crippen LogP contribution >= 0.6 is 11.3 Å². The number of carbonyl (C=O) groups is 1. The van der Waals surface area contributed by atoms with Crippen LogP contribution in [0.1, 0.15) is 26.6 Å². The van der Waals surface area contributed by atoms with E-state index in [4.69, 9.17) is 5.73 Å². The number of anilines is 1. The molecule has 0 aliphatic heterocycles. The van der Waals surface area contributed by atoms with Crippen LogP contribution in [0.3, 0.4) is 0 Å². The highest BCUT2D eigenvalue weighted by molar-refractivity contribution is 7.09. The number of benzene rings is 2. The Hall–Kier alpha value is -2.94. The van der Waals surface area contributed by atoms with Gasteiger partial charge in [0.25, 0.3) is 5.91 Å². The molecule has 0 radical (unpaired) electrons. The minimum atomic E-state index is -0.954. The van der Waals surface area contributed by atoms with Gasteiger partial charge in [-0.25, -0.2) is 22.5 Å². The molecule has 9 heteroatoms. The third-order valence-corrected chi connectivity index (χ3v) is 4.56. The van der Waals surface area contributed by atoms with Crippen molar-refractivity contribution in [3.05, 3.63) is 80.8 Å². The van der Waals surface area contributed by atoms with Crippen molar-refractivity contribution in [2.45, 2.75) is 13.0 Å². The summed E-state index contributed by atoms with van der Waals surface area (Å²) in [6, 6.07) is 5.60. The van der Waals surface area contributed by atoms with Crippen molar-refractivity contribution in [1.82, 2.24) is 10.3 Å². The van der Waals surface area contributed by atoms with Crippen LogP contribution in [0.4, 0.5) is 23.2 Å². The lowest BCUT2D eigenvalue weighted by molar-refractivity contribution is 0.0946. The first-order valence-electron chi connectivity index (χ1n) is 7.73. The zero-order valence-corrected chi connectivity index (χ0v) is 14.5. The summed E-state index contributed by atoms with van der Waals surface area (Å²) >= 11 is 1.19. The lowest BCUT2D eigenvalue weighted by atomic mass is 10.1. The predicted molar refractivity (Wildman–Crippen MR) is 93.2 cm³/mol. The molecular formula is C18H13F4N3OS. The van der Waals surface area contributed by atoms with E-state index < -0.39 is 34.9 Å². The molecule has 0 unspecified atom stereocenters. The summed E-state index contributed by atoms with van der Waals surface area (Å²) in [5, 5.41) is 4.55. The molecule has 1 heterocycles. The van der Waals surface area contributed by atoms with Gasteiger partial charge in [0.1, 0.15) is 23.0 Å². The molecule has 1 aromatic heterocycles. The smallest absolute Gasteiger partial charge is 0.271 e. The fourth-order valence-electron chi connectivity index (χ4n) is 2.33. The van der Waals surface area contributed by atoms with Crippen LogP contribution in [0.5, 0.6) is 0 Å². The summed E-state index contributed by atoms with van der Waals surface area (Å²) in [7, 11) is 0. The molecule has 0 saturated carbocycles. The molecule has 4 nitrogen and oxygen atoms in total. The van der Waals surface area contributed by atoms with Crippen molar-refractivity contribution in [1.29, 1.82) is 0 Å². The highest BCUT2D eigenvalue weighted by atomic mass is 32.1. The molecule has 3 N–H and O–H groups in total. The molecule has 140 valence electrons. The first-order valence-corrected chi connectivity index (χ1v) is 8.61. The lowest BCUT2D eigenvalue weighted by Crippen LogP contribution is -2.23. The molecule has 3 aromatic rings. The fourth-order valence-corrected chi connectivity index (χ4v) is 3.14. The van der Waals surface area contributed by atoms with Crippen molar-refractivity contribution >= 4 is 22.9 Å². The molecule has 0 fully saturated rings. The van der Waals surface area contributed by atoms with Crippen molar-refractivity contribution < 1.29 is 22.4 Å². The van der Waals surface area contributed by atoms with Crippen LogP contribution in [-0.4, -0.2) is 10.9 Å². The normalized spacial score (nSPS) is 10.8. The summed E-state index contributed by atoms with van der Waals surface area (Å²) in [4.78, 5) is 16.3. The van der Waals surface area contributed by atoms with E-state index in [1.807, 2.05) is 0 Å². The molecule has 0 bridgehead atoms. The molecule has 0 spiro atoms. The summed E-state index contributed by atoms with van der Waals surface area (Å²) in [5.41, 5.74) is 5.46. The summed E-state index contributed by atoms with van der Waals surface area (Å²) in [5.74, 6) is -4.22. The Bertz CT molecular complexity index is 983. The number of amides is 1. The Morgan fingerprint density at radius 1 is 1.00 bits per heavy atom. The first kappa shape index (κ1) is 18.8. The van der Waals surface area contributed by atoms with E-state index in [0.29, 0.717) is 10.6 Å². The Balaban J connectivity index is 1.63. The van der Waals surface area contributed by atoms with Gasteiger partial charge in [0.2, 0.25) is 0 Å². The number of hydrogen-bond acceptors (Lipinski definition) is 4. The van der Waals surface area contributed by atoms with Gasteiger partial charge in [-0.05, 0) is 35.4 Å². The maximum Gasteiger partial charge on any atom is 0.271 e. The van der Waals surface area contributed by atoms with Gasteiger partial charge in [0.05, 0.1) is 5.01 Å². The quantitative estimate of drug-likeness (QED) is 0.510. The molecule has 0 aliphatic carbocycles. The van der Waals surface area contributed by atoms with E-state index in [0.717, 1.165) is 24.3 Å². The topological polar surface area (TPSA) is 68.0 Å². The SMILES string of the molecule is Nc1c(F)cc(CNC(=O)c2csc(Cc3ccc(F)c(F)c3)n2)cc1F. The zero-order valence-electron chi connectivity index (χ0n) is 13.7. The van der Waals surface area contributed by atoms with Gasteiger partial charge in [-0.3, -0.25) is 4.79 Å². The van der Waals surface area contributed by atoms with Crippen LogP contribution in [0.2, 0.25) is 0 Å². The number of nitrogens with zero attached hydrogens (tertiary/aromatic N) is 1. The van der Waals surface area contributed by atoms with Crippen molar-refractivity contribution in [2.75, 3.05) is 5.73 Å². The monoisotopic (exact) mass is 395 g/mol. The Morgan fingerprint density at radius 2 is 1.67 bits per heavy atom. The Labute approximate surface area is 155 Å². The van der Waals surface area contributed by atoms with Crippen LogP contribution in [-0.2, 0) is 13.0 Å². The second kappa shape index (κ2) is 7.75. The van der Waals surface area contributed by atoms with Crippen molar-refractivity contribution in [3.63, 3.8) is 0 Å². The molecule has 1 amide bonds. The van der Waals surface area contributed by atoms with E-state index >= 15 is 0 Å². The number of thiazole rings is 1. The van der Waals surface area contributed by atoms with E-state index in [9.17, 15) is 22.4 Å². The highest BCUT2D eigenvalue weighted by Crippen LogP contribution is 2.18. The summed E-state index contributed by atoms with van der Waals surface area (Å²) in [6.45, 7) is -0.108. The van der Waals surface area contributed by atoms with Gasteiger partial charge < -0.3 is 11.1 Å². The third kappa shape index (κ3) is 4.43. The molecule has 0 saturated heterocycles. The molecule has 0 aliphatic rings. The largest absolute Gasteiger partial charge is 0.394 e. The number of aromatic nitrogens is 1. The second-order valence-electron chi connectivity index (χ2n) is 5.71. The summed E-state index contributed by atoms with van der Waals surface area (Å²) in [6.07, 6.45) is 0.240. The Kier molecular flexibility index (Phi) is 5.41.